The lowest BCUT2D eigenvalue weighted by atomic mass is 10.4. The second-order valence-corrected chi connectivity index (χ2v) is 5.35. The predicted octanol–water partition coefficient (Wildman–Crippen LogP) is 1.77. The highest BCUT2D eigenvalue weighted by Crippen LogP contribution is 2.23. The Bertz CT molecular complexity index is 708. The van der Waals surface area contributed by atoms with Crippen LogP contribution in [0.2, 0.25) is 0 Å². The Morgan fingerprint density at radius 3 is 2.47 bits per heavy atom. The molecule has 0 aromatic carbocycles. The van der Waals surface area contributed by atoms with E-state index in [0.717, 1.165) is 12.1 Å². The first-order valence-corrected chi connectivity index (χ1v) is 6.57. The Kier molecular flexibility index (Phi) is 3.23. The summed E-state index contributed by atoms with van der Waals surface area (Å²) in [5.41, 5.74) is -0.318. The van der Waals surface area contributed by atoms with E-state index in [1.54, 1.807) is 0 Å². The largest absolute Gasteiger partial charge is 0.360 e. The number of sulfonamides is 1. The Hall–Kier alpha value is -2.03. The van der Waals surface area contributed by atoms with E-state index in [9.17, 15) is 17.2 Å². The van der Waals surface area contributed by atoms with Gasteiger partial charge < -0.3 is 4.52 Å². The van der Waals surface area contributed by atoms with E-state index in [1.165, 1.54) is 13.8 Å². The summed E-state index contributed by atoms with van der Waals surface area (Å²) < 4.78 is 56.7. The average molecular weight is 289 g/mol. The summed E-state index contributed by atoms with van der Waals surface area (Å²) in [5, 5.41) is 3.50. The van der Waals surface area contributed by atoms with Crippen LogP contribution >= 0.6 is 0 Å². The topological polar surface area (TPSA) is 85.1 Å². The highest BCUT2D eigenvalue weighted by Gasteiger charge is 2.25. The van der Waals surface area contributed by atoms with Crippen molar-refractivity contribution in [3.63, 3.8) is 0 Å². The fraction of sp³-hybridized carbons (Fsp3) is 0.200. The number of anilines is 1. The number of halogens is 2. The third-order valence-corrected chi connectivity index (χ3v) is 3.90. The normalized spacial score (nSPS) is 11.6. The molecule has 2 heterocycles. The Balaban J connectivity index is 2.42. The van der Waals surface area contributed by atoms with E-state index in [2.05, 4.69) is 10.1 Å². The number of hydrogen-bond donors (Lipinski definition) is 1. The molecule has 102 valence electrons. The number of aryl methyl sites for hydroxylation is 2. The molecule has 9 heteroatoms. The minimum absolute atomic E-state index is 0.0699. The highest BCUT2D eigenvalue weighted by molar-refractivity contribution is 7.92. The van der Waals surface area contributed by atoms with Gasteiger partial charge in [-0.05, 0) is 26.0 Å². The Labute approximate surface area is 107 Å². The van der Waals surface area contributed by atoms with Gasteiger partial charge in [-0.2, -0.15) is 13.8 Å². The molecule has 1 N–H and O–H groups in total. The molecule has 0 atom stereocenters. The first kappa shape index (κ1) is 13.4. The molecule has 2 rings (SSSR count). The van der Waals surface area contributed by atoms with Crippen molar-refractivity contribution in [2.75, 3.05) is 4.72 Å². The van der Waals surface area contributed by atoms with Crippen molar-refractivity contribution >= 4 is 15.7 Å². The summed E-state index contributed by atoms with van der Waals surface area (Å²) in [4.78, 5) is 2.70. The maximum Gasteiger partial charge on any atom is 0.267 e. The predicted molar refractivity (Wildman–Crippen MR) is 60.9 cm³/mol. The quantitative estimate of drug-likeness (QED) is 0.870. The molecule has 2 aromatic rings. The molecule has 0 aliphatic heterocycles. The van der Waals surface area contributed by atoms with Gasteiger partial charge in [0.25, 0.3) is 10.0 Å². The van der Waals surface area contributed by atoms with Gasteiger partial charge in [0.05, 0.1) is 0 Å². The minimum atomic E-state index is -4.08. The van der Waals surface area contributed by atoms with Gasteiger partial charge in [-0.3, -0.25) is 4.72 Å². The Morgan fingerprint density at radius 1 is 1.26 bits per heavy atom. The summed E-state index contributed by atoms with van der Waals surface area (Å²) in [6.07, 6.45) is 0. The lowest BCUT2D eigenvalue weighted by Gasteiger charge is -2.07. The SMILES string of the molecule is Cc1noc(C)c1S(=O)(=O)Nc1ccc(F)nc1F. The number of pyridine rings is 1. The van der Waals surface area contributed by atoms with Crippen LogP contribution in [0.25, 0.3) is 0 Å². The summed E-state index contributed by atoms with van der Waals surface area (Å²) >= 11 is 0. The van der Waals surface area contributed by atoms with Crippen molar-refractivity contribution in [1.82, 2.24) is 10.1 Å². The van der Waals surface area contributed by atoms with E-state index < -0.39 is 27.6 Å². The van der Waals surface area contributed by atoms with Crippen LogP contribution in [0.1, 0.15) is 11.5 Å². The van der Waals surface area contributed by atoms with Crippen LogP contribution in [0.3, 0.4) is 0 Å². The number of hydrogen-bond acceptors (Lipinski definition) is 5. The van der Waals surface area contributed by atoms with Crippen LogP contribution in [0.4, 0.5) is 14.5 Å². The van der Waals surface area contributed by atoms with Crippen molar-refractivity contribution in [1.29, 1.82) is 0 Å². The average Bonchev–Trinajstić information content (AvgIpc) is 2.63. The molecule has 0 radical (unpaired) electrons. The lowest BCUT2D eigenvalue weighted by Crippen LogP contribution is -2.16. The highest BCUT2D eigenvalue weighted by atomic mass is 32.2. The first-order valence-electron chi connectivity index (χ1n) is 5.09. The van der Waals surface area contributed by atoms with Gasteiger partial charge in [0, 0.05) is 0 Å². The van der Waals surface area contributed by atoms with Gasteiger partial charge in [-0.25, -0.2) is 8.42 Å². The third kappa shape index (κ3) is 2.55. The fourth-order valence-corrected chi connectivity index (χ4v) is 2.93. The Morgan fingerprint density at radius 2 is 1.95 bits per heavy atom. The molecular weight excluding hydrogens is 280 g/mol. The van der Waals surface area contributed by atoms with Crippen LogP contribution in [0.15, 0.2) is 21.6 Å². The third-order valence-electron chi connectivity index (χ3n) is 2.30. The fourth-order valence-electron chi connectivity index (χ4n) is 1.54. The lowest BCUT2D eigenvalue weighted by molar-refractivity contribution is 0.390. The van der Waals surface area contributed by atoms with Gasteiger partial charge in [-0.15, -0.1) is 0 Å². The molecule has 0 spiro atoms. The molecule has 6 nitrogen and oxygen atoms in total. The zero-order valence-corrected chi connectivity index (χ0v) is 10.8. The molecule has 0 aliphatic rings. The van der Waals surface area contributed by atoms with Crippen LogP contribution < -0.4 is 4.72 Å². The summed E-state index contributed by atoms with van der Waals surface area (Å²) in [7, 11) is -4.08. The van der Waals surface area contributed by atoms with Gasteiger partial charge in [-0.1, -0.05) is 5.16 Å². The summed E-state index contributed by atoms with van der Waals surface area (Å²) in [6.45, 7) is 2.85. The van der Waals surface area contributed by atoms with Crippen molar-refractivity contribution in [3.05, 3.63) is 35.5 Å². The maximum atomic E-state index is 13.3. The molecule has 0 saturated carbocycles. The van der Waals surface area contributed by atoms with E-state index in [0.29, 0.717) is 0 Å². The van der Waals surface area contributed by atoms with Crippen molar-refractivity contribution in [2.24, 2.45) is 0 Å². The monoisotopic (exact) mass is 289 g/mol. The molecule has 0 aliphatic carbocycles. The number of rotatable bonds is 3. The summed E-state index contributed by atoms with van der Waals surface area (Å²) in [6, 6.07) is 1.78. The molecule has 19 heavy (non-hydrogen) atoms. The molecule has 0 saturated heterocycles. The van der Waals surface area contributed by atoms with Crippen LogP contribution in [-0.2, 0) is 10.0 Å². The van der Waals surface area contributed by atoms with Gasteiger partial charge in [0.15, 0.2) is 10.7 Å². The molecule has 2 aromatic heterocycles. The zero-order chi connectivity index (χ0) is 14.2. The molecule has 0 fully saturated rings. The summed E-state index contributed by atoms with van der Waals surface area (Å²) in [5.74, 6) is -2.23. The number of aromatic nitrogens is 2. The standard InChI is InChI=1S/C10H9F2N3O3S/c1-5-9(6(2)18-14-5)19(16,17)15-7-3-4-8(11)13-10(7)12/h3-4,15H,1-2H3. The second kappa shape index (κ2) is 4.57. The molecule has 0 bridgehead atoms. The second-order valence-electron chi connectivity index (χ2n) is 3.73. The van der Waals surface area contributed by atoms with Crippen molar-refractivity contribution in [2.45, 2.75) is 18.7 Å². The first-order chi connectivity index (χ1) is 8.81. The van der Waals surface area contributed by atoms with Crippen LogP contribution in [0.5, 0.6) is 0 Å². The minimum Gasteiger partial charge on any atom is -0.360 e. The maximum absolute atomic E-state index is 13.3. The van der Waals surface area contributed by atoms with Gasteiger partial charge >= 0.3 is 0 Å². The van der Waals surface area contributed by atoms with E-state index in [4.69, 9.17) is 4.52 Å². The van der Waals surface area contributed by atoms with Crippen LogP contribution in [0, 0.1) is 25.7 Å². The number of nitrogens with zero attached hydrogens (tertiary/aromatic N) is 2. The van der Waals surface area contributed by atoms with Crippen molar-refractivity contribution < 1.29 is 21.7 Å². The van der Waals surface area contributed by atoms with E-state index in [1.807, 2.05) is 4.72 Å². The van der Waals surface area contributed by atoms with Gasteiger partial charge in [0.2, 0.25) is 11.9 Å². The number of nitrogens with one attached hydrogen (secondary N) is 1. The molecular formula is C10H9F2N3O3S. The smallest absolute Gasteiger partial charge is 0.267 e. The van der Waals surface area contributed by atoms with Crippen LogP contribution in [-0.4, -0.2) is 18.6 Å². The van der Waals surface area contributed by atoms with E-state index in [-0.39, 0.29) is 16.3 Å². The molecule has 0 unspecified atom stereocenters. The van der Waals surface area contributed by atoms with E-state index >= 15 is 0 Å². The molecule has 0 amide bonds. The zero-order valence-electron chi connectivity index (χ0n) is 9.94. The van der Waals surface area contributed by atoms with Crippen molar-refractivity contribution in [3.8, 4) is 0 Å². The van der Waals surface area contributed by atoms with Gasteiger partial charge in [0.1, 0.15) is 11.4 Å².